The van der Waals surface area contributed by atoms with Crippen molar-refractivity contribution in [2.75, 3.05) is 6.54 Å². The lowest BCUT2D eigenvalue weighted by Crippen LogP contribution is -2.35. The topological polar surface area (TPSA) is 73.6 Å². The van der Waals surface area contributed by atoms with Crippen LogP contribution in [-0.2, 0) is 16.1 Å². The Morgan fingerprint density at radius 1 is 1.22 bits per heavy atom. The quantitative estimate of drug-likeness (QED) is 0.843. The van der Waals surface area contributed by atoms with Crippen molar-refractivity contribution in [1.82, 2.24) is 5.32 Å². The molecule has 2 fully saturated rings. The molecule has 23 heavy (non-hydrogen) atoms. The highest BCUT2D eigenvalue weighted by Gasteiger charge is 2.29. The first-order valence-electron chi connectivity index (χ1n) is 8.64. The Morgan fingerprint density at radius 2 is 2.00 bits per heavy atom. The van der Waals surface area contributed by atoms with Gasteiger partial charge in [0.1, 0.15) is 11.9 Å². The Hall–Kier alpha value is -1.59. The van der Waals surface area contributed by atoms with E-state index in [1.807, 2.05) is 24.3 Å². The summed E-state index contributed by atoms with van der Waals surface area (Å²) in [5.74, 6) is 0.823. The molecule has 3 rings (SSSR count). The number of rotatable bonds is 6. The molecule has 126 valence electrons. The summed E-state index contributed by atoms with van der Waals surface area (Å²) in [5, 5.41) is 2.97. The third-order valence-electron chi connectivity index (χ3n) is 4.68. The molecule has 1 saturated carbocycles. The maximum atomic E-state index is 12.2. The second kappa shape index (κ2) is 7.79. The number of hydrogen-bond acceptors (Lipinski definition) is 4. The van der Waals surface area contributed by atoms with Gasteiger partial charge in [0, 0.05) is 18.7 Å². The van der Waals surface area contributed by atoms with Crippen LogP contribution in [0.5, 0.6) is 5.75 Å². The highest BCUT2D eigenvalue weighted by atomic mass is 16.5. The van der Waals surface area contributed by atoms with Crippen LogP contribution in [0.2, 0.25) is 0 Å². The second-order valence-corrected chi connectivity index (χ2v) is 6.41. The van der Waals surface area contributed by atoms with Gasteiger partial charge in [-0.3, -0.25) is 4.79 Å². The van der Waals surface area contributed by atoms with E-state index in [1.165, 1.54) is 12.8 Å². The molecule has 0 unspecified atom stereocenters. The Kier molecular flexibility index (Phi) is 5.51. The Bertz CT molecular complexity index is 529. The van der Waals surface area contributed by atoms with Gasteiger partial charge < -0.3 is 20.5 Å². The van der Waals surface area contributed by atoms with E-state index in [2.05, 4.69) is 5.32 Å². The van der Waals surface area contributed by atoms with Crippen LogP contribution in [0.4, 0.5) is 0 Å². The van der Waals surface area contributed by atoms with E-state index in [0.29, 0.717) is 19.2 Å². The third kappa shape index (κ3) is 4.24. The molecule has 1 aromatic rings. The maximum Gasteiger partial charge on any atom is 0.249 e. The van der Waals surface area contributed by atoms with Gasteiger partial charge in [0.2, 0.25) is 5.91 Å². The van der Waals surface area contributed by atoms with E-state index in [1.54, 1.807) is 0 Å². The monoisotopic (exact) mass is 318 g/mol. The molecule has 0 aromatic heterocycles. The van der Waals surface area contributed by atoms with Crippen molar-refractivity contribution < 1.29 is 14.3 Å². The summed E-state index contributed by atoms with van der Waals surface area (Å²) in [6, 6.07) is 7.93. The predicted molar refractivity (Wildman–Crippen MR) is 88.1 cm³/mol. The fourth-order valence-electron chi connectivity index (χ4n) is 3.32. The van der Waals surface area contributed by atoms with Gasteiger partial charge in [-0.2, -0.15) is 0 Å². The molecule has 3 N–H and O–H groups in total. The van der Waals surface area contributed by atoms with Gasteiger partial charge in [0.05, 0.1) is 12.2 Å². The molecule has 1 aliphatic carbocycles. The minimum Gasteiger partial charge on any atom is -0.490 e. The van der Waals surface area contributed by atoms with E-state index in [0.717, 1.165) is 37.0 Å². The number of para-hydroxylation sites is 1. The number of nitrogens with two attached hydrogens (primary N) is 1. The predicted octanol–water partition coefficient (Wildman–Crippen LogP) is 2.13. The minimum atomic E-state index is -0.369. The van der Waals surface area contributed by atoms with E-state index in [9.17, 15) is 4.79 Å². The minimum absolute atomic E-state index is 0.0173. The molecule has 5 nitrogen and oxygen atoms in total. The van der Waals surface area contributed by atoms with Crippen molar-refractivity contribution in [3.63, 3.8) is 0 Å². The van der Waals surface area contributed by atoms with E-state index < -0.39 is 0 Å². The standard InChI is InChI=1S/C18H26N2O3/c19-11-15-9-10-17(23-15)18(21)20-12-13-5-1-4-8-16(13)22-14-6-2-3-7-14/h1,4-5,8,14-15,17H,2-3,6-7,9-12,19H2,(H,20,21)/t15-,17+/m1/s1. The molecular weight excluding hydrogens is 292 g/mol. The van der Waals surface area contributed by atoms with Crippen LogP contribution < -0.4 is 15.8 Å². The summed E-state index contributed by atoms with van der Waals surface area (Å²) < 4.78 is 11.7. The number of hydrogen-bond donors (Lipinski definition) is 2. The van der Waals surface area contributed by atoms with Crippen LogP contribution in [0.3, 0.4) is 0 Å². The fourth-order valence-corrected chi connectivity index (χ4v) is 3.32. The molecule has 1 saturated heterocycles. The zero-order valence-corrected chi connectivity index (χ0v) is 13.5. The Labute approximate surface area is 137 Å². The highest BCUT2D eigenvalue weighted by Crippen LogP contribution is 2.26. The van der Waals surface area contributed by atoms with Crippen LogP contribution in [-0.4, -0.2) is 30.8 Å². The fraction of sp³-hybridized carbons (Fsp3) is 0.611. The Balaban J connectivity index is 1.54. The summed E-state index contributed by atoms with van der Waals surface area (Å²) in [7, 11) is 0. The van der Waals surface area contributed by atoms with Gasteiger partial charge in [0.25, 0.3) is 0 Å². The van der Waals surface area contributed by atoms with Gasteiger partial charge in [-0.05, 0) is 44.6 Å². The number of amides is 1. The average Bonchev–Trinajstić information content (AvgIpc) is 3.25. The molecule has 0 spiro atoms. The SMILES string of the molecule is NC[C@H]1CC[C@@H](C(=O)NCc2ccccc2OC2CCCC2)O1. The van der Waals surface area contributed by atoms with Gasteiger partial charge in [-0.15, -0.1) is 0 Å². The van der Waals surface area contributed by atoms with Crippen LogP contribution in [0.15, 0.2) is 24.3 Å². The first-order valence-corrected chi connectivity index (χ1v) is 8.64. The van der Waals surface area contributed by atoms with E-state index >= 15 is 0 Å². The zero-order valence-electron chi connectivity index (χ0n) is 13.5. The van der Waals surface area contributed by atoms with Crippen molar-refractivity contribution in [1.29, 1.82) is 0 Å². The molecular formula is C18H26N2O3. The van der Waals surface area contributed by atoms with Crippen molar-refractivity contribution in [3.8, 4) is 5.75 Å². The lowest BCUT2D eigenvalue weighted by atomic mass is 10.1. The van der Waals surface area contributed by atoms with Gasteiger partial charge in [0.15, 0.2) is 0 Å². The summed E-state index contributed by atoms with van der Waals surface area (Å²) in [4.78, 5) is 12.2. The van der Waals surface area contributed by atoms with Crippen molar-refractivity contribution in [3.05, 3.63) is 29.8 Å². The molecule has 2 atom stereocenters. The summed E-state index contributed by atoms with van der Waals surface area (Å²) >= 11 is 0. The first kappa shape index (κ1) is 16.3. The molecule has 1 aliphatic heterocycles. The lowest BCUT2D eigenvalue weighted by Gasteiger charge is -2.17. The van der Waals surface area contributed by atoms with Crippen LogP contribution >= 0.6 is 0 Å². The maximum absolute atomic E-state index is 12.2. The van der Waals surface area contributed by atoms with Crippen LogP contribution in [0.1, 0.15) is 44.1 Å². The summed E-state index contributed by atoms with van der Waals surface area (Å²) in [5.41, 5.74) is 6.60. The zero-order chi connectivity index (χ0) is 16.1. The second-order valence-electron chi connectivity index (χ2n) is 6.41. The first-order chi connectivity index (χ1) is 11.3. The van der Waals surface area contributed by atoms with Gasteiger partial charge in [-0.25, -0.2) is 0 Å². The number of ether oxygens (including phenoxy) is 2. The van der Waals surface area contributed by atoms with Gasteiger partial charge >= 0.3 is 0 Å². The average molecular weight is 318 g/mol. The largest absolute Gasteiger partial charge is 0.490 e. The van der Waals surface area contributed by atoms with Crippen molar-refractivity contribution in [2.24, 2.45) is 5.73 Å². The highest BCUT2D eigenvalue weighted by molar-refractivity contribution is 5.81. The van der Waals surface area contributed by atoms with Crippen LogP contribution in [0.25, 0.3) is 0 Å². The van der Waals surface area contributed by atoms with Crippen LogP contribution in [0, 0.1) is 0 Å². The molecule has 1 aromatic carbocycles. The van der Waals surface area contributed by atoms with Crippen molar-refractivity contribution >= 4 is 5.91 Å². The molecule has 0 bridgehead atoms. The number of benzene rings is 1. The molecule has 0 radical (unpaired) electrons. The Morgan fingerprint density at radius 3 is 2.74 bits per heavy atom. The van der Waals surface area contributed by atoms with Crippen molar-refractivity contribution in [2.45, 2.75) is 63.4 Å². The molecule has 2 aliphatic rings. The molecule has 1 amide bonds. The molecule has 5 heteroatoms. The summed E-state index contributed by atoms with van der Waals surface area (Å²) in [6.07, 6.45) is 6.29. The normalized spacial score (nSPS) is 24.7. The van der Waals surface area contributed by atoms with E-state index in [-0.39, 0.29) is 18.1 Å². The lowest BCUT2D eigenvalue weighted by molar-refractivity contribution is -0.132. The molecule has 1 heterocycles. The number of carbonyl (C=O) groups excluding carboxylic acids is 1. The van der Waals surface area contributed by atoms with Gasteiger partial charge in [-0.1, -0.05) is 18.2 Å². The summed E-state index contributed by atoms with van der Waals surface area (Å²) in [6.45, 7) is 0.941. The third-order valence-corrected chi connectivity index (χ3v) is 4.68. The smallest absolute Gasteiger partial charge is 0.249 e. The number of nitrogens with one attached hydrogen (secondary N) is 1. The van der Waals surface area contributed by atoms with E-state index in [4.69, 9.17) is 15.2 Å². The number of carbonyl (C=O) groups is 1.